The lowest BCUT2D eigenvalue weighted by molar-refractivity contribution is -0.165. The van der Waals surface area contributed by atoms with Crippen LogP contribution in [0.25, 0.3) is 0 Å². The predicted molar refractivity (Wildman–Crippen MR) is 170 cm³/mol. The molecule has 3 heterocycles. The van der Waals surface area contributed by atoms with Crippen LogP contribution in [0.3, 0.4) is 0 Å². The van der Waals surface area contributed by atoms with Gasteiger partial charge in [-0.15, -0.1) is 0 Å². The molecule has 2 amide bonds. The highest BCUT2D eigenvalue weighted by Gasteiger charge is 2.64. The van der Waals surface area contributed by atoms with Crippen molar-refractivity contribution in [1.29, 1.82) is 0 Å². The molecule has 8 atom stereocenters. The summed E-state index contributed by atoms with van der Waals surface area (Å²) < 4.78 is 28.7. The number of methoxy groups -OCH3 is 2. The molecule has 13 heteroatoms. The highest BCUT2D eigenvalue weighted by Crippen LogP contribution is 2.49. The summed E-state index contributed by atoms with van der Waals surface area (Å²) in [4.78, 5) is 40.9. The second kappa shape index (κ2) is 13.9. The first-order valence-electron chi connectivity index (χ1n) is 15.3. The minimum absolute atomic E-state index is 0.0380. The first-order valence-corrected chi connectivity index (χ1v) is 15.7. The number of esters is 1. The number of halogens is 1. The Morgan fingerprint density at radius 1 is 1.24 bits per heavy atom. The number of benzene rings is 1. The molecular weight excluding hydrogens is 620 g/mol. The van der Waals surface area contributed by atoms with E-state index in [1.165, 1.54) is 19.1 Å². The molecule has 2 fully saturated rings. The third-order valence-electron chi connectivity index (χ3n) is 9.08. The molecule has 3 aliphatic rings. The standard InChI is InChI=1S/C33H45ClN2O10/c1-17(2)28(38)30(39)45-25-15-26(37)36(6)21-13-20(14-22(42-7)27(21)34)12-18(3)10-9-11-24(43-8)33(41)16-23(44-31(40)35-33)19(4)29-32(25,5)46-29/h9-11,13-14,17,19,23-25,28-29,38,41H,12,15-16H2,1-8H3,(H,35,40)/b11-9+,18-10+/t19-,23+,24-,25+,28?,29+,32+,33+/m1/s1. The highest BCUT2D eigenvalue weighted by atomic mass is 35.5. The van der Waals surface area contributed by atoms with Gasteiger partial charge >= 0.3 is 12.1 Å². The molecule has 1 aromatic rings. The summed E-state index contributed by atoms with van der Waals surface area (Å²) in [5.41, 5.74) is -0.851. The van der Waals surface area contributed by atoms with Crippen molar-refractivity contribution in [1.82, 2.24) is 5.32 Å². The zero-order valence-corrected chi connectivity index (χ0v) is 28.3. The van der Waals surface area contributed by atoms with Crippen molar-refractivity contribution in [3.8, 4) is 5.75 Å². The van der Waals surface area contributed by atoms with E-state index in [0.717, 1.165) is 11.1 Å². The SMILES string of the molecule is COc1cc2cc(c1Cl)N(C)C(=O)C[C@H](OC(=O)C(O)C(C)C)[C@]1(C)O[C@H]1[C@H](C)[C@@H]1C[C@@](O)(NC(=O)O1)[C@H](OC)/C=C/C=C(\C)C2. The fourth-order valence-electron chi connectivity index (χ4n) is 6.09. The number of nitrogens with zero attached hydrogens (tertiary/aromatic N) is 1. The Morgan fingerprint density at radius 3 is 2.57 bits per heavy atom. The van der Waals surface area contributed by atoms with E-state index in [4.69, 9.17) is 35.3 Å². The van der Waals surface area contributed by atoms with Crippen LogP contribution >= 0.6 is 11.6 Å². The first kappa shape index (κ1) is 35.7. The van der Waals surface area contributed by atoms with Crippen LogP contribution in [-0.4, -0.2) is 91.3 Å². The Morgan fingerprint density at radius 2 is 1.93 bits per heavy atom. The zero-order chi connectivity index (χ0) is 34.1. The van der Waals surface area contributed by atoms with Gasteiger partial charge in [0.05, 0.1) is 25.3 Å². The first-order chi connectivity index (χ1) is 21.5. The lowest BCUT2D eigenvalue weighted by Crippen LogP contribution is -2.63. The summed E-state index contributed by atoms with van der Waals surface area (Å²) in [5.74, 6) is -1.88. The van der Waals surface area contributed by atoms with Gasteiger partial charge in [-0.2, -0.15) is 0 Å². The number of aliphatic hydroxyl groups excluding tert-OH is 1. The van der Waals surface area contributed by atoms with Gasteiger partial charge in [-0.25, -0.2) is 9.59 Å². The Balaban J connectivity index is 1.80. The minimum Gasteiger partial charge on any atom is -0.495 e. The highest BCUT2D eigenvalue weighted by molar-refractivity contribution is 6.35. The van der Waals surface area contributed by atoms with Gasteiger partial charge in [-0.3, -0.25) is 10.1 Å². The maximum Gasteiger partial charge on any atom is 0.409 e. The molecule has 0 aliphatic carbocycles. The summed E-state index contributed by atoms with van der Waals surface area (Å²) in [6.45, 7) is 8.76. The van der Waals surface area contributed by atoms with E-state index in [1.807, 2.05) is 13.0 Å². The number of hydrogen-bond donors (Lipinski definition) is 3. The normalized spacial score (nSPS) is 34.4. The monoisotopic (exact) mass is 664 g/mol. The molecule has 0 aromatic heterocycles. The molecule has 0 spiro atoms. The molecule has 1 aromatic carbocycles. The largest absolute Gasteiger partial charge is 0.495 e. The van der Waals surface area contributed by atoms with E-state index in [-0.39, 0.29) is 17.9 Å². The number of alkyl carbamates (subject to hydrolysis) is 1. The third kappa shape index (κ3) is 7.36. The van der Waals surface area contributed by atoms with Crippen molar-refractivity contribution in [2.45, 2.75) is 95.7 Å². The molecule has 4 rings (SSSR count). The number of epoxide rings is 1. The fourth-order valence-corrected chi connectivity index (χ4v) is 6.40. The van der Waals surface area contributed by atoms with Crippen molar-refractivity contribution >= 4 is 35.3 Å². The van der Waals surface area contributed by atoms with E-state index in [2.05, 4.69) is 5.32 Å². The quantitative estimate of drug-likeness (QED) is 0.313. The van der Waals surface area contributed by atoms with E-state index in [9.17, 15) is 24.6 Å². The van der Waals surface area contributed by atoms with Crippen LogP contribution in [0.2, 0.25) is 5.02 Å². The molecule has 4 bridgehead atoms. The number of carbonyl (C=O) groups excluding carboxylic acids is 3. The maximum absolute atomic E-state index is 13.9. The number of fused-ring (bicyclic) bond motifs is 5. The van der Waals surface area contributed by atoms with Crippen LogP contribution in [0.15, 0.2) is 35.9 Å². The van der Waals surface area contributed by atoms with E-state index < -0.39 is 71.7 Å². The van der Waals surface area contributed by atoms with Gasteiger partial charge in [0.2, 0.25) is 5.91 Å². The number of amides is 2. The summed E-state index contributed by atoms with van der Waals surface area (Å²) in [6, 6.07) is 3.58. The second-order valence-electron chi connectivity index (χ2n) is 12.9. The van der Waals surface area contributed by atoms with Crippen LogP contribution in [0, 0.1) is 11.8 Å². The molecular formula is C33H45ClN2O10. The summed E-state index contributed by atoms with van der Waals surface area (Å²) >= 11 is 6.68. The number of anilines is 1. The molecule has 3 aliphatic heterocycles. The zero-order valence-electron chi connectivity index (χ0n) is 27.5. The van der Waals surface area contributed by atoms with Crippen molar-refractivity contribution in [2.75, 3.05) is 26.2 Å². The number of rotatable bonds is 5. The molecule has 254 valence electrons. The lowest BCUT2D eigenvalue weighted by Gasteiger charge is -2.42. The average molecular weight is 665 g/mol. The van der Waals surface area contributed by atoms with Crippen LogP contribution in [0.5, 0.6) is 5.75 Å². The molecule has 12 nitrogen and oxygen atoms in total. The summed E-state index contributed by atoms with van der Waals surface area (Å²) in [6.07, 6.45) is -0.386. The molecule has 1 unspecified atom stereocenters. The smallest absolute Gasteiger partial charge is 0.409 e. The van der Waals surface area contributed by atoms with Crippen molar-refractivity contribution in [2.24, 2.45) is 11.8 Å². The molecule has 3 N–H and O–H groups in total. The number of carbonyl (C=O) groups is 3. The number of aliphatic hydroxyl groups is 2. The lowest BCUT2D eigenvalue weighted by atomic mass is 9.83. The molecule has 0 radical (unpaired) electrons. The number of ether oxygens (including phenoxy) is 5. The molecule has 0 saturated carbocycles. The number of allylic oxidation sites excluding steroid dienone is 3. The van der Waals surface area contributed by atoms with Crippen LogP contribution in [-0.2, 0) is 35.0 Å². The average Bonchev–Trinajstić information content (AvgIpc) is 3.69. The Hall–Kier alpha value is -3.16. The molecule has 46 heavy (non-hydrogen) atoms. The van der Waals surface area contributed by atoms with E-state index in [0.29, 0.717) is 17.9 Å². The summed E-state index contributed by atoms with van der Waals surface area (Å²) in [7, 11) is 4.48. The Labute approximate surface area is 274 Å². The van der Waals surface area contributed by atoms with Crippen LogP contribution < -0.4 is 15.0 Å². The van der Waals surface area contributed by atoms with Crippen molar-refractivity contribution in [3.05, 3.63) is 46.5 Å². The van der Waals surface area contributed by atoms with Crippen LogP contribution in [0.4, 0.5) is 10.5 Å². The molecule has 2 saturated heterocycles. The topological polar surface area (TPSA) is 156 Å². The van der Waals surface area contributed by atoms with E-state index in [1.54, 1.807) is 59.0 Å². The van der Waals surface area contributed by atoms with Gasteiger partial charge in [-0.1, -0.05) is 56.2 Å². The summed E-state index contributed by atoms with van der Waals surface area (Å²) in [5, 5.41) is 24.8. The Kier molecular flexibility index (Phi) is 10.8. The maximum atomic E-state index is 13.9. The van der Waals surface area contributed by atoms with Gasteiger partial charge in [0.1, 0.15) is 34.7 Å². The number of nitrogens with one attached hydrogen (secondary N) is 1. The van der Waals surface area contributed by atoms with Crippen molar-refractivity contribution in [3.63, 3.8) is 0 Å². The Bertz CT molecular complexity index is 1400. The number of hydrogen-bond acceptors (Lipinski definition) is 10. The van der Waals surface area contributed by atoms with E-state index >= 15 is 0 Å². The van der Waals surface area contributed by atoms with Gasteiger partial charge in [0.15, 0.2) is 11.8 Å². The minimum atomic E-state index is -1.81. The fraction of sp³-hybridized carbons (Fsp3) is 0.606. The van der Waals surface area contributed by atoms with Crippen LogP contribution in [0.1, 0.15) is 53.0 Å². The third-order valence-corrected chi connectivity index (χ3v) is 9.46. The predicted octanol–water partition coefficient (Wildman–Crippen LogP) is 3.68. The van der Waals surface area contributed by atoms with Gasteiger partial charge in [-0.05, 0) is 43.9 Å². The van der Waals surface area contributed by atoms with Gasteiger partial charge < -0.3 is 38.8 Å². The van der Waals surface area contributed by atoms with Gasteiger partial charge in [0, 0.05) is 26.5 Å². The van der Waals surface area contributed by atoms with Crippen molar-refractivity contribution < 1.29 is 48.3 Å². The van der Waals surface area contributed by atoms with Gasteiger partial charge in [0.25, 0.3) is 0 Å². The second-order valence-corrected chi connectivity index (χ2v) is 13.3.